The maximum Gasteiger partial charge on any atom is 0.128 e. The van der Waals surface area contributed by atoms with E-state index in [-0.39, 0.29) is 12.7 Å². The van der Waals surface area contributed by atoms with E-state index in [1.54, 1.807) is 0 Å². The van der Waals surface area contributed by atoms with E-state index in [1.165, 1.54) is 18.4 Å². The Morgan fingerprint density at radius 2 is 2.05 bits per heavy atom. The number of hydrogen-bond acceptors (Lipinski definition) is 5. The smallest absolute Gasteiger partial charge is 0.128 e. The maximum atomic E-state index is 8.78. The molecule has 2 heterocycles. The van der Waals surface area contributed by atoms with Crippen LogP contribution in [0.2, 0.25) is 0 Å². The Kier molecular flexibility index (Phi) is 5.06. The number of ether oxygens (including phenoxy) is 1. The molecule has 0 amide bonds. The lowest BCUT2D eigenvalue weighted by Gasteiger charge is -2.32. The molecule has 0 bridgehead atoms. The molecule has 2 fully saturated rings. The predicted octanol–water partition coefficient (Wildman–Crippen LogP) is 1.31. The minimum absolute atomic E-state index is 0.109. The first-order valence-corrected chi connectivity index (χ1v) is 8.01. The van der Waals surface area contributed by atoms with E-state index >= 15 is 0 Å². The molecule has 0 atom stereocenters. The molecule has 2 aliphatic rings. The SMILES string of the molecule is OCCOC1CCN(c2ccc(CNC3CC3)cn2)CC1. The van der Waals surface area contributed by atoms with Crippen LogP contribution in [0, 0.1) is 0 Å². The van der Waals surface area contributed by atoms with E-state index in [9.17, 15) is 0 Å². The molecular weight excluding hydrogens is 266 g/mol. The largest absolute Gasteiger partial charge is 0.394 e. The fourth-order valence-electron chi connectivity index (χ4n) is 2.73. The van der Waals surface area contributed by atoms with E-state index in [4.69, 9.17) is 9.84 Å². The van der Waals surface area contributed by atoms with Crippen LogP contribution in [0.25, 0.3) is 0 Å². The number of pyridine rings is 1. The van der Waals surface area contributed by atoms with Crippen LogP contribution >= 0.6 is 0 Å². The molecule has 5 nitrogen and oxygen atoms in total. The molecule has 0 aromatic carbocycles. The monoisotopic (exact) mass is 291 g/mol. The predicted molar refractivity (Wildman–Crippen MR) is 82.4 cm³/mol. The molecule has 0 radical (unpaired) electrons. The summed E-state index contributed by atoms with van der Waals surface area (Å²) in [6, 6.07) is 5.04. The number of nitrogens with zero attached hydrogens (tertiary/aromatic N) is 2. The van der Waals surface area contributed by atoms with Crippen molar-refractivity contribution in [2.75, 3.05) is 31.2 Å². The minimum Gasteiger partial charge on any atom is -0.394 e. The highest BCUT2D eigenvalue weighted by molar-refractivity contribution is 5.39. The fourth-order valence-corrected chi connectivity index (χ4v) is 2.73. The molecule has 2 N–H and O–H groups in total. The molecule has 1 aromatic heterocycles. The molecule has 1 aliphatic heterocycles. The van der Waals surface area contributed by atoms with Crippen LogP contribution in [0.5, 0.6) is 0 Å². The average molecular weight is 291 g/mol. The van der Waals surface area contributed by atoms with Crippen LogP contribution in [0.15, 0.2) is 18.3 Å². The van der Waals surface area contributed by atoms with Gasteiger partial charge in [-0.05, 0) is 37.3 Å². The van der Waals surface area contributed by atoms with Gasteiger partial charge in [0.25, 0.3) is 0 Å². The molecule has 1 aliphatic carbocycles. The van der Waals surface area contributed by atoms with Gasteiger partial charge in [-0.3, -0.25) is 0 Å². The van der Waals surface area contributed by atoms with Gasteiger partial charge in [-0.15, -0.1) is 0 Å². The van der Waals surface area contributed by atoms with Crippen molar-refractivity contribution in [1.29, 1.82) is 0 Å². The van der Waals surface area contributed by atoms with E-state index in [0.29, 0.717) is 6.61 Å². The number of nitrogens with one attached hydrogen (secondary N) is 1. The van der Waals surface area contributed by atoms with Crippen molar-refractivity contribution in [3.05, 3.63) is 23.9 Å². The van der Waals surface area contributed by atoms with E-state index in [1.807, 2.05) is 6.20 Å². The van der Waals surface area contributed by atoms with Crippen molar-refractivity contribution >= 4 is 5.82 Å². The molecule has 1 aromatic rings. The van der Waals surface area contributed by atoms with E-state index in [2.05, 4.69) is 27.3 Å². The van der Waals surface area contributed by atoms with Gasteiger partial charge in [0.2, 0.25) is 0 Å². The number of hydrogen-bond donors (Lipinski definition) is 2. The highest BCUT2D eigenvalue weighted by Gasteiger charge is 2.21. The number of aliphatic hydroxyl groups is 1. The van der Waals surface area contributed by atoms with Gasteiger partial charge < -0.3 is 20.1 Å². The Labute approximate surface area is 126 Å². The van der Waals surface area contributed by atoms with Crippen LogP contribution < -0.4 is 10.2 Å². The standard InChI is InChI=1S/C16H25N3O2/c20-9-10-21-15-5-7-19(8-6-15)16-4-1-13(12-18-16)11-17-14-2-3-14/h1,4,12,14-15,17,20H,2-3,5-11H2. The van der Waals surface area contributed by atoms with E-state index < -0.39 is 0 Å². The zero-order valence-electron chi connectivity index (χ0n) is 12.5. The summed E-state index contributed by atoms with van der Waals surface area (Å²) in [4.78, 5) is 6.91. The molecule has 21 heavy (non-hydrogen) atoms. The number of anilines is 1. The fraction of sp³-hybridized carbons (Fsp3) is 0.688. The van der Waals surface area contributed by atoms with Crippen molar-refractivity contribution in [3.63, 3.8) is 0 Å². The summed E-state index contributed by atoms with van der Waals surface area (Å²) in [5.41, 5.74) is 1.26. The number of rotatable bonds is 7. The molecule has 116 valence electrons. The van der Waals surface area contributed by atoms with Crippen LogP contribution in [-0.4, -0.2) is 48.5 Å². The molecule has 1 saturated heterocycles. The molecule has 1 saturated carbocycles. The average Bonchev–Trinajstić information content (AvgIpc) is 3.36. The Balaban J connectivity index is 1.46. The van der Waals surface area contributed by atoms with Crippen LogP contribution in [0.1, 0.15) is 31.2 Å². The van der Waals surface area contributed by atoms with Gasteiger partial charge in [0.15, 0.2) is 0 Å². The summed E-state index contributed by atoms with van der Waals surface area (Å²) in [6.45, 7) is 3.43. The zero-order valence-corrected chi connectivity index (χ0v) is 12.5. The van der Waals surface area contributed by atoms with Gasteiger partial charge in [0, 0.05) is 31.9 Å². The van der Waals surface area contributed by atoms with Crippen molar-refractivity contribution in [2.45, 2.75) is 44.4 Å². The summed E-state index contributed by atoms with van der Waals surface area (Å²) in [5, 5.41) is 12.3. The van der Waals surface area contributed by atoms with Crippen molar-refractivity contribution in [2.24, 2.45) is 0 Å². The Hall–Kier alpha value is -1.17. The summed E-state index contributed by atoms with van der Waals surface area (Å²) in [5.74, 6) is 1.06. The van der Waals surface area contributed by atoms with Crippen molar-refractivity contribution in [1.82, 2.24) is 10.3 Å². The highest BCUT2D eigenvalue weighted by atomic mass is 16.5. The molecule has 3 rings (SSSR count). The lowest BCUT2D eigenvalue weighted by atomic mass is 10.1. The normalized spacial score (nSPS) is 20.0. The third kappa shape index (κ3) is 4.40. The topological polar surface area (TPSA) is 57.6 Å². The second-order valence-corrected chi connectivity index (χ2v) is 5.96. The Bertz CT molecular complexity index is 426. The first-order chi connectivity index (χ1) is 10.3. The van der Waals surface area contributed by atoms with Gasteiger partial charge >= 0.3 is 0 Å². The second kappa shape index (κ2) is 7.20. The van der Waals surface area contributed by atoms with Gasteiger partial charge in [-0.2, -0.15) is 0 Å². The third-order valence-corrected chi connectivity index (χ3v) is 4.19. The Morgan fingerprint density at radius 3 is 2.67 bits per heavy atom. The number of piperidine rings is 1. The quantitative estimate of drug-likeness (QED) is 0.793. The van der Waals surface area contributed by atoms with Crippen molar-refractivity contribution in [3.8, 4) is 0 Å². The molecule has 0 spiro atoms. The highest BCUT2D eigenvalue weighted by Crippen LogP contribution is 2.21. The summed E-state index contributed by atoms with van der Waals surface area (Å²) >= 11 is 0. The van der Waals surface area contributed by atoms with Gasteiger partial charge in [0.05, 0.1) is 19.3 Å². The molecule has 0 unspecified atom stereocenters. The van der Waals surface area contributed by atoms with Gasteiger partial charge in [0.1, 0.15) is 5.82 Å². The number of aliphatic hydroxyl groups excluding tert-OH is 1. The molecule has 5 heteroatoms. The van der Waals surface area contributed by atoms with Gasteiger partial charge in [-0.1, -0.05) is 6.07 Å². The summed E-state index contributed by atoms with van der Waals surface area (Å²) in [7, 11) is 0. The van der Waals surface area contributed by atoms with Crippen LogP contribution in [0.4, 0.5) is 5.82 Å². The minimum atomic E-state index is 0.109. The first kappa shape index (κ1) is 14.8. The summed E-state index contributed by atoms with van der Waals surface area (Å²) in [6.07, 6.45) is 6.92. The number of aromatic nitrogens is 1. The van der Waals surface area contributed by atoms with Gasteiger partial charge in [-0.25, -0.2) is 4.98 Å². The van der Waals surface area contributed by atoms with Crippen molar-refractivity contribution < 1.29 is 9.84 Å². The lowest BCUT2D eigenvalue weighted by molar-refractivity contribution is 0.0158. The maximum absolute atomic E-state index is 8.78. The van der Waals surface area contributed by atoms with E-state index in [0.717, 1.165) is 44.3 Å². The third-order valence-electron chi connectivity index (χ3n) is 4.19. The lowest BCUT2D eigenvalue weighted by Crippen LogP contribution is -2.37. The summed E-state index contributed by atoms with van der Waals surface area (Å²) < 4.78 is 5.59. The Morgan fingerprint density at radius 1 is 1.24 bits per heavy atom. The first-order valence-electron chi connectivity index (χ1n) is 8.01. The van der Waals surface area contributed by atoms with Crippen LogP contribution in [-0.2, 0) is 11.3 Å². The van der Waals surface area contributed by atoms with Crippen LogP contribution in [0.3, 0.4) is 0 Å². The molecular formula is C16H25N3O2. The second-order valence-electron chi connectivity index (χ2n) is 5.96. The zero-order chi connectivity index (χ0) is 14.5.